The molecule has 98 valence electrons. The summed E-state index contributed by atoms with van der Waals surface area (Å²) in [4.78, 5) is 26.7. The van der Waals surface area contributed by atoms with Crippen molar-refractivity contribution < 1.29 is 19.1 Å². The summed E-state index contributed by atoms with van der Waals surface area (Å²) < 4.78 is 9.49. The van der Waals surface area contributed by atoms with Gasteiger partial charge in [-0.3, -0.25) is 9.59 Å². The Morgan fingerprint density at radius 1 is 1.39 bits per heavy atom. The van der Waals surface area contributed by atoms with Crippen molar-refractivity contribution in [3.05, 3.63) is 18.3 Å². The molecule has 6 nitrogen and oxygen atoms in total. The largest absolute Gasteiger partial charge is 0.495 e. The number of pyridine rings is 1. The van der Waals surface area contributed by atoms with Crippen LogP contribution in [0.3, 0.4) is 0 Å². The second-order valence-corrected chi connectivity index (χ2v) is 3.76. The Balaban J connectivity index is 2.51. The van der Waals surface area contributed by atoms with E-state index in [4.69, 9.17) is 4.74 Å². The maximum atomic E-state index is 11.6. The number of hydrogen-bond donors (Lipinski definition) is 1. The molecule has 1 N–H and O–H groups in total. The number of nitrogens with one attached hydrogen (secondary N) is 1. The van der Waals surface area contributed by atoms with Crippen LogP contribution in [-0.2, 0) is 14.3 Å². The quantitative estimate of drug-likeness (QED) is 0.797. The third-order valence-electron chi connectivity index (χ3n) is 2.33. The van der Waals surface area contributed by atoms with Crippen molar-refractivity contribution in [2.75, 3.05) is 19.5 Å². The van der Waals surface area contributed by atoms with Gasteiger partial charge in [0, 0.05) is 6.42 Å². The molecule has 0 saturated heterocycles. The van der Waals surface area contributed by atoms with E-state index >= 15 is 0 Å². The highest BCUT2D eigenvalue weighted by Gasteiger charge is 2.17. The zero-order valence-electron chi connectivity index (χ0n) is 10.6. The van der Waals surface area contributed by atoms with Crippen LogP contribution in [0.15, 0.2) is 18.3 Å². The van der Waals surface area contributed by atoms with Crippen molar-refractivity contribution >= 4 is 17.7 Å². The lowest BCUT2D eigenvalue weighted by molar-refractivity contribution is -0.146. The van der Waals surface area contributed by atoms with Gasteiger partial charge in [0.15, 0.2) is 0 Å². The van der Waals surface area contributed by atoms with E-state index in [0.29, 0.717) is 11.6 Å². The maximum absolute atomic E-state index is 11.6. The molecule has 18 heavy (non-hydrogen) atoms. The second kappa shape index (κ2) is 6.58. The fourth-order valence-electron chi connectivity index (χ4n) is 1.33. The van der Waals surface area contributed by atoms with E-state index in [1.165, 1.54) is 20.4 Å². The number of carbonyl (C=O) groups excluding carboxylic acids is 2. The van der Waals surface area contributed by atoms with E-state index in [9.17, 15) is 9.59 Å². The molecule has 0 saturated carbocycles. The summed E-state index contributed by atoms with van der Waals surface area (Å²) in [5.74, 6) is -0.152. The Morgan fingerprint density at radius 2 is 2.11 bits per heavy atom. The summed E-state index contributed by atoms with van der Waals surface area (Å²) in [6.45, 7) is 1.63. The van der Waals surface area contributed by atoms with E-state index < -0.39 is 11.9 Å². The lowest BCUT2D eigenvalue weighted by atomic mass is 10.1. The Hall–Kier alpha value is -2.11. The van der Waals surface area contributed by atoms with Crippen LogP contribution in [0.4, 0.5) is 5.82 Å². The van der Waals surface area contributed by atoms with Crippen LogP contribution < -0.4 is 10.1 Å². The van der Waals surface area contributed by atoms with Crippen LogP contribution in [0.25, 0.3) is 0 Å². The van der Waals surface area contributed by atoms with Crippen LogP contribution in [-0.4, -0.2) is 31.1 Å². The third kappa shape index (κ3) is 4.04. The van der Waals surface area contributed by atoms with Crippen molar-refractivity contribution in [1.82, 2.24) is 4.98 Å². The molecule has 1 aromatic heterocycles. The van der Waals surface area contributed by atoms with Crippen LogP contribution in [0.2, 0.25) is 0 Å². The summed E-state index contributed by atoms with van der Waals surface area (Å²) in [7, 11) is 2.83. The van der Waals surface area contributed by atoms with Crippen molar-refractivity contribution in [3.63, 3.8) is 0 Å². The number of carbonyl (C=O) groups is 2. The van der Waals surface area contributed by atoms with E-state index in [1.807, 2.05) is 0 Å². The number of methoxy groups -OCH3 is 2. The van der Waals surface area contributed by atoms with Crippen molar-refractivity contribution in [2.24, 2.45) is 5.92 Å². The average Bonchev–Trinajstić information content (AvgIpc) is 2.38. The number of rotatable bonds is 5. The van der Waals surface area contributed by atoms with Crippen molar-refractivity contribution in [2.45, 2.75) is 13.3 Å². The molecular weight excluding hydrogens is 236 g/mol. The van der Waals surface area contributed by atoms with Gasteiger partial charge in [-0.2, -0.15) is 0 Å². The van der Waals surface area contributed by atoms with E-state index in [2.05, 4.69) is 15.0 Å². The lowest BCUT2D eigenvalue weighted by Crippen LogP contribution is -2.21. The molecule has 0 fully saturated rings. The molecule has 6 heteroatoms. The van der Waals surface area contributed by atoms with E-state index in [-0.39, 0.29) is 12.3 Å². The zero-order chi connectivity index (χ0) is 13.5. The number of anilines is 1. The zero-order valence-corrected chi connectivity index (χ0v) is 10.6. The first-order valence-corrected chi connectivity index (χ1v) is 5.44. The number of esters is 1. The molecule has 0 radical (unpaired) electrons. The Kier molecular flexibility index (Phi) is 5.10. The summed E-state index contributed by atoms with van der Waals surface area (Å²) in [5, 5.41) is 2.59. The normalized spacial score (nSPS) is 11.5. The maximum Gasteiger partial charge on any atom is 0.308 e. The number of amides is 1. The molecule has 1 unspecified atom stereocenters. The summed E-state index contributed by atoms with van der Waals surface area (Å²) >= 11 is 0. The van der Waals surface area contributed by atoms with Gasteiger partial charge in [-0.25, -0.2) is 4.98 Å². The van der Waals surface area contributed by atoms with Gasteiger partial charge in [0.1, 0.15) is 11.6 Å². The molecule has 0 aliphatic carbocycles. The van der Waals surface area contributed by atoms with Gasteiger partial charge in [-0.05, 0) is 12.1 Å². The van der Waals surface area contributed by atoms with Crippen LogP contribution in [0.5, 0.6) is 5.75 Å². The fraction of sp³-hybridized carbons (Fsp3) is 0.417. The monoisotopic (exact) mass is 252 g/mol. The molecule has 0 aliphatic heterocycles. The third-order valence-corrected chi connectivity index (χ3v) is 2.33. The number of hydrogen-bond acceptors (Lipinski definition) is 5. The van der Waals surface area contributed by atoms with Gasteiger partial charge in [0.2, 0.25) is 5.91 Å². The first-order chi connectivity index (χ1) is 8.56. The molecule has 0 aliphatic rings. The van der Waals surface area contributed by atoms with Gasteiger partial charge in [0.25, 0.3) is 0 Å². The second-order valence-electron chi connectivity index (χ2n) is 3.76. The van der Waals surface area contributed by atoms with Crippen LogP contribution >= 0.6 is 0 Å². The summed E-state index contributed by atoms with van der Waals surface area (Å²) in [6, 6.07) is 3.31. The molecule has 1 rings (SSSR count). The molecule has 1 atom stereocenters. The highest BCUT2D eigenvalue weighted by atomic mass is 16.5. The number of ether oxygens (including phenoxy) is 2. The standard InChI is InChI=1S/C12H16N2O4/c1-8(12(16)18-3)6-11(15)14-10-5-4-9(17-2)7-13-10/h4-5,7-8H,6H2,1-3H3,(H,13,14,15). The van der Waals surface area contributed by atoms with Gasteiger partial charge in [0.05, 0.1) is 26.3 Å². The van der Waals surface area contributed by atoms with Crippen LogP contribution in [0.1, 0.15) is 13.3 Å². The lowest BCUT2D eigenvalue weighted by Gasteiger charge is -2.09. The Morgan fingerprint density at radius 3 is 2.61 bits per heavy atom. The summed E-state index contributed by atoms with van der Waals surface area (Å²) in [5.41, 5.74) is 0. The SMILES string of the molecule is COC(=O)C(C)CC(=O)Nc1ccc(OC)cn1. The number of nitrogens with zero attached hydrogens (tertiary/aromatic N) is 1. The minimum atomic E-state index is -0.478. The van der Waals surface area contributed by atoms with E-state index in [1.54, 1.807) is 19.1 Å². The van der Waals surface area contributed by atoms with Gasteiger partial charge >= 0.3 is 5.97 Å². The molecule has 0 bridgehead atoms. The number of aromatic nitrogens is 1. The first-order valence-electron chi connectivity index (χ1n) is 5.44. The molecule has 0 spiro atoms. The fourth-order valence-corrected chi connectivity index (χ4v) is 1.33. The molecule has 1 aromatic rings. The minimum Gasteiger partial charge on any atom is -0.495 e. The average molecular weight is 252 g/mol. The highest BCUT2D eigenvalue weighted by molar-refractivity contribution is 5.92. The minimum absolute atomic E-state index is 0.0559. The predicted octanol–water partition coefficient (Wildman–Crippen LogP) is 1.23. The first kappa shape index (κ1) is 14.0. The van der Waals surface area contributed by atoms with Crippen molar-refractivity contribution in [1.29, 1.82) is 0 Å². The molecule has 1 heterocycles. The van der Waals surface area contributed by atoms with Crippen LogP contribution in [0, 0.1) is 5.92 Å². The van der Waals surface area contributed by atoms with Gasteiger partial charge < -0.3 is 14.8 Å². The van der Waals surface area contributed by atoms with Crippen molar-refractivity contribution in [3.8, 4) is 5.75 Å². The predicted molar refractivity (Wildman–Crippen MR) is 65.2 cm³/mol. The van der Waals surface area contributed by atoms with Gasteiger partial charge in [-0.1, -0.05) is 6.92 Å². The molecule has 1 amide bonds. The van der Waals surface area contributed by atoms with E-state index in [0.717, 1.165) is 0 Å². The smallest absolute Gasteiger partial charge is 0.308 e. The topological polar surface area (TPSA) is 77.5 Å². The van der Waals surface area contributed by atoms with Gasteiger partial charge in [-0.15, -0.1) is 0 Å². The highest BCUT2D eigenvalue weighted by Crippen LogP contribution is 2.12. The molecular formula is C12H16N2O4. The summed E-state index contributed by atoms with van der Waals surface area (Å²) in [6.07, 6.45) is 1.56. The molecule has 0 aromatic carbocycles. The Labute approximate surface area is 105 Å². The Bertz CT molecular complexity index is 417.